The molecule has 0 aromatic heterocycles. The fourth-order valence-corrected chi connectivity index (χ4v) is 0.561. The van der Waals surface area contributed by atoms with Gasteiger partial charge in [-0.15, -0.1) is 5.92 Å². The molecule has 0 atom stereocenters. The molecule has 0 amide bonds. The predicted molar refractivity (Wildman–Crippen MR) is 47.9 cm³/mol. The Bertz CT molecular complexity index is 302. The molecule has 0 saturated carbocycles. The van der Waals surface area contributed by atoms with E-state index < -0.39 is 4.92 Å². The van der Waals surface area contributed by atoms with Crippen molar-refractivity contribution >= 4 is 0 Å². The summed E-state index contributed by atoms with van der Waals surface area (Å²) in [4.78, 5) is 9.71. The Labute approximate surface area is 71.2 Å². The first-order valence-corrected chi connectivity index (χ1v) is 3.22. The number of allylic oxidation sites excluding steroid dienone is 3. The van der Waals surface area contributed by atoms with Gasteiger partial charge in [0.1, 0.15) is 0 Å². The second kappa shape index (κ2) is 4.91. The van der Waals surface area contributed by atoms with Crippen molar-refractivity contribution in [1.29, 1.82) is 0 Å². The van der Waals surface area contributed by atoms with Crippen molar-refractivity contribution in [3.63, 3.8) is 0 Å². The lowest BCUT2D eigenvalue weighted by Gasteiger charge is -1.88. The van der Waals surface area contributed by atoms with Crippen LogP contribution in [0.4, 0.5) is 0 Å². The summed E-state index contributed by atoms with van der Waals surface area (Å²) in [5.41, 5.74) is 0.312. The van der Waals surface area contributed by atoms with Crippen molar-refractivity contribution < 1.29 is 4.92 Å². The molecule has 0 spiro atoms. The van der Waals surface area contributed by atoms with E-state index in [2.05, 4.69) is 25.0 Å². The van der Waals surface area contributed by atoms with Gasteiger partial charge in [0, 0.05) is 17.7 Å². The highest BCUT2D eigenvalue weighted by Crippen LogP contribution is 2.01. The molecule has 3 heteroatoms. The lowest BCUT2D eigenvalue weighted by atomic mass is 10.2. The Morgan fingerprint density at radius 1 is 1.67 bits per heavy atom. The third kappa shape index (κ3) is 3.37. The van der Waals surface area contributed by atoms with Gasteiger partial charge in [-0.25, -0.2) is 0 Å². The number of nitro groups is 1. The molecule has 0 radical (unpaired) electrons. The first-order valence-electron chi connectivity index (χ1n) is 3.22. The number of rotatable bonds is 3. The van der Waals surface area contributed by atoms with Crippen LogP contribution in [0.3, 0.4) is 0 Å². The zero-order chi connectivity index (χ0) is 9.56. The van der Waals surface area contributed by atoms with E-state index in [1.807, 2.05) is 0 Å². The Balaban J connectivity index is 4.68. The second-order valence-corrected chi connectivity index (χ2v) is 1.93. The normalized spacial score (nSPS) is 9.58. The summed E-state index contributed by atoms with van der Waals surface area (Å²) in [5.74, 6) is 5.18. The second-order valence-electron chi connectivity index (χ2n) is 1.93. The van der Waals surface area contributed by atoms with Gasteiger partial charge in [0.2, 0.25) is 0 Å². The summed E-state index contributed by atoms with van der Waals surface area (Å²) in [5, 5.41) is 10.2. The Hall–Kier alpha value is -1.82. The fraction of sp³-hybridized carbons (Fsp3) is 0.111. The summed E-state index contributed by atoms with van der Waals surface area (Å²) >= 11 is 0. The molecule has 0 fully saturated rings. The van der Waals surface area contributed by atoms with Crippen LogP contribution in [0.25, 0.3) is 0 Å². The average molecular weight is 163 g/mol. The molecule has 0 rings (SSSR count). The Kier molecular flexibility index (Phi) is 4.17. The predicted octanol–water partition coefficient (Wildman–Crippen LogP) is 1.91. The van der Waals surface area contributed by atoms with Crippen LogP contribution in [0, 0.1) is 22.0 Å². The zero-order valence-corrected chi connectivity index (χ0v) is 6.83. The Morgan fingerprint density at radius 3 is 2.58 bits per heavy atom. The third-order valence-electron chi connectivity index (χ3n) is 1.03. The van der Waals surface area contributed by atoms with Crippen LogP contribution in [0.1, 0.15) is 6.92 Å². The highest BCUT2D eigenvalue weighted by molar-refractivity contribution is 5.37. The van der Waals surface area contributed by atoms with Crippen molar-refractivity contribution in [2.75, 3.05) is 0 Å². The maximum absolute atomic E-state index is 10.2. The summed E-state index contributed by atoms with van der Waals surface area (Å²) in [7, 11) is 0. The zero-order valence-electron chi connectivity index (χ0n) is 6.83. The van der Waals surface area contributed by atoms with Crippen molar-refractivity contribution in [3.05, 3.63) is 46.7 Å². The van der Waals surface area contributed by atoms with E-state index >= 15 is 0 Å². The van der Waals surface area contributed by atoms with Gasteiger partial charge in [0.05, 0.1) is 4.92 Å². The van der Waals surface area contributed by atoms with Crippen LogP contribution in [-0.2, 0) is 0 Å². The van der Waals surface area contributed by atoms with E-state index in [0.717, 1.165) is 6.08 Å². The fourth-order valence-electron chi connectivity index (χ4n) is 0.561. The molecule has 3 nitrogen and oxygen atoms in total. The molecule has 0 N–H and O–H groups in total. The first-order chi connectivity index (χ1) is 5.61. The molecule has 0 aliphatic heterocycles. The van der Waals surface area contributed by atoms with E-state index in [1.165, 1.54) is 6.08 Å². The lowest BCUT2D eigenvalue weighted by molar-refractivity contribution is -0.419. The third-order valence-corrected chi connectivity index (χ3v) is 1.03. The minimum atomic E-state index is -0.532. The molecule has 0 bridgehead atoms. The molecule has 0 heterocycles. The minimum Gasteiger partial charge on any atom is -0.258 e. The average Bonchev–Trinajstić information content (AvgIpc) is 2.00. The van der Waals surface area contributed by atoms with Gasteiger partial charge in [0.25, 0.3) is 5.70 Å². The monoisotopic (exact) mass is 163 g/mol. The van der Waals surface area contributed by atoms with E-state index in [4.69, 9.17) is 0 Å². The van der Waals surface area contributed by atoms with E-state index in [-0.39, 0.29) is 5.70 Å². The quantitative estimate of drug-likeness (QED) is 0.276. The van der Waals surface area contributed by atoms with E-state index in [1.54, 1.807) is 6.92 Å². The largest absolute Gasteiger partial charge is 0.270 e. The minimum absolute atomic E-state index is 0.0947. The molecular formula is C9H9NO2. The molecule has 0 aliphatic carbocycles. The standard InChI is InChI=1S/C9H9NO2/c1-4-6-8(3)7-9(5-2)10(11)12/h5,7H,2-3H2,1H3/b9-7+. The molecular weight excluding hydrogens is 154 g/mol. The van der Waals surface area contributed by atoms with Crippen LogP contribution in [0.15, 0.2) is 36.6 Å². The van der Waals surface area contributed by atoms with Crippen LogP contribution >= 0.6 is 0 Å². The van der Waals surface area contributed by atoms with Gasteiger partial charge >= 0.3 is 0 Å². The molecule has 0 aliphatic rings. The smallest absolute Gasteiger partial charge is 0.258 e. The van der Waals surface area contributed by atoms with Gasteiger partial charge < -0.3 is 0 Å². The van der Waals surface area contributed by atoms with Gasteiger partial charge in [0.15, 0.2) is 0 Å². The molecule has 0 aromatic rings. The number of hydrogen-bond acceptors (Lipinski definition) is 2. The topological polar surface area (TPSA) is 43.1 Å². The van der Waals surface area contributed by atoms with E-state index in [9.17, 15) is 10.1 Å². The van der Waals surface area contributed by atoms with Gasteiger partial charge in [-0.05, 0) is 6.92 Å². The van der Waals surface area contributed by atoms with Crippen LogP contribution in [0.2, 0.25) is 0 Å². The summed E-state index contributed by atoms with van der Waals surface area (Å²) in [6, 6.07) is 0. The number of hydrogen-bond donors (Lipinski definition) is 0. The molecule has 0 unspecified atom stereocenters. The van der Waals surface area contributed by atoms with Crippen molar-refractivity contribution in [2.45, 2.75) is 6.92 Å². The lowest BCUT2D eigenvalue weighted by Crippen LogP contribution is -1.94. The SMILES string of the molecule is C=C/C(=C\C(=C)C#CC)[N+](=O)[O-]. The molecule has 0 saturated heterocycles. The maximum atomic E-state index is 10.2. The van der Waals surface area contributed by atoms with Crippen LogP contribution < -0.4 is 0 Å². The van der Waals surface area contributed by atoms with Crippen molar-refractivity contribution in [1.82, 2.24) is 0 Å². The van der Waals surface area contributed by atoms with Gasteiger partial charge in [-0.2, -0.15) is 0 Å². The highest BCUT2D eigenvalue weighted by atomic mass is 16.6. The van der Waals surface area contributed by atoms with Crippen LogP contribution in [-0.4, -0.2) is 4.92 Å². The summed E-state index contributed by atoms with van der Waals surface area (Å²) in [6.07, 6.45) is 2.44. The van der Waals surface area contributed by atoms with Gasteiger partial charge in [-0.3, -0.25) is 10.1 Å². The number of nitrogens with zero attached hydrogens (tertiary/aromatic N) is 1. The summed E-state index contributed by atoms with van der Waals surface area (Å²) in [6.45, 7) is 8.45. The maximum Gasteiger partial charge on any atom is 0.270 e. The van der Waals surface area contributed by atoms with E-state index in [0.29, 0.717) is 5.57 Å². The molecule has 0 aromatic carbocycles. The van der Waals surface area contributed by atoms with Crippen molar-refractivity contribution in [2.24, 2.45) is 0 Å². The van der Waals surface area contributed by atoms with Crippen LogP contribution in [0.5, 0.6) is 0 Å². The molecule has 12 heavy (non-hydrogen) atoms. The highest BCUT2D eigenvalue weighted by Gasteiger charge is 2.03. The van der Waals surface area contributed by atoms with Crippen molar-refractivity contribution in [3.8, 4) is 11.8 Å². The summed E-state index contributed by atoms with van der Waals surface area (Å²) < 4.78 is 0. The first kappa shape index (κ1) is 10.2. The molecule has 62 valence electrons. The van der Waals surface area contributed by atoms with Gasteiger partial charge in [-0.1, -0.05) is 19.1 Å². The Morgan fingerprint density at radius 2 is 2.25 bits per heavy atom.